The van der Waals surface area contributed by atoms with Gasteiger partial charge in [-0.2, -0.15) is 0 Å². The highest BCUT2D eigenvalue weighted by atomic mass is 16.3. The topological polar surface area (TPSA) is 37.3 Å². The monoisotopic (exact) mass is 180 g/mol. The van der Waals surface area contributed by atoms with Crippen LogP contribution in [0.5, 0.6) is 0 Å². The number of carbonyl (C=O) groups is 1. The summed E-state index contributed by atoms with van der Waals surface area (Å²) >= 11 is 0. The first kappa shape index (κ1) is 8.95. The average Bonchev–Trinajstić information content (AvgIpc) is 2.09. The Hall–Kier alpha value is -0.630. The molecule has 2 nitrogen and oxygen atoms in total. The van der Waals surface area contributed by atoms with E-state index in [0.29, 0.717) is 6.42 Å². The van der Waals surface area contributed by atoms with Crippen LogP contribution in [0.4, 0.5) is 0 Å². The van der Waals surface area contributed by atoms with Gasteiger partial charge in [0.25, 0.3) is 0 Å². The van der Waals surface area contributed by atoms with Gasteiger partial charge in [-0.1, -0.05) is 12.5 Å². The summed E-state index contributed by atoms with van der Waals surface area (Å²) in [5.74, 6) is 0.238. The Kier molecular flexibility index (Phi) is 2.03. The van der Waals surface area contributed by atoms with Crippen LogP contribution in [0.2, 0.25) is 0 Å². The molecule has 2 atom stereocenters. The van der Waals surface area contributed by atoms with Crippen LogP contribution >= 0.6 is 0 Å². The lowest BCUT2D eigenvalue weighted by molar-refractivity contribution is -0.116. The number of ketones is 1. The molecule has 0 radical (unpaired) electrons. The van der Waals surface area contributed by atoms with Crippen LogP contribution in [0.15, 0.2) is 11.6 Å². The van der Waals surface area contributed by atoms with Gasteiger partial charge in [-0.05, 0) is 31.8 Å². The molecule has 1 N–H and O–H groups in total. The third-order valence-electron chi connectivity index (χ3n) is 3.62. The molecule has 72 valence electrons. The molecular formula is C11H16O2. The third-order valence-corrected chi connectivity index (χ3v) is 3.62. The molecule has 0 aromatic heterocycles. The summed E-state index contributed by atoms with van der Waals surface area (Å²) in [5.41, 5.74) is 1.09. The Labute approximate surface area is 78.6 Å². The summed E-state index contributed by atoms with van der Waals surface area (Å²) in [7, 11) is 0. The van der Waals surface area contributed by atoms with Crippen molar-refractivity contribution in [1.29, 1.82) is 0 Å². The Morgan fingerprint density at radius 3 is 3.08 bits per heavy atom. The van der Waals surface area contributed by atoms with Crippen LogP contribution in [0, 0.1) is 5.41 Å². The maximum absolute atomic E-state index is 11.2. The zero-order valence-electron chi connectivity index (χ0n) is 8.05. The summed E-state index contributed by atoms with van der Waals surface area (Å²) < 4.78 is 0. The van der Waals surface area contributed by atoms with E-state index >= 15 is 0 Å². The fourth-order valence-electron chi connectivity index (χ4n) is 2.52. The third kappa shape index (κ3) is 1.33. The molecule has 0 saturated heterocycles. The molecule has 2 heteroatoms. The van der Waals surface area contributed by atoms with Crippen molar-refractivity contribution in [3.63, 3.8) is 0 Å². The van der Waals surface area contributed by atoms with Gasteiger partial charge >= 0.3 is 0 Å². The maximum Gasteiger partial charge on any atom is 0.155 e. The Morgan fingerprint density at radius 2 is 2.31 bits per heavy atom. The Morgan fingerprint density at radius 1 is 1.54 bits per heavy atom. The average molecular weight is 180 g/mol. The molecule has 0 aliphatic heterocycles. The molecule has 0 aromatic rings. The first-order chi connectivity index (χ1) is 6.13. The highest BCUT2D eigenvalue weighted by Crippen LogP contribution is 2.46. The predicted molar refractivity (Wildman–Crippen MR) is 50.3 cm³/mol. The van der Waals surface area contributed by atoms with Crippen LogP contribution < -0.4 is 0 Å². The molecule has 2 aliphatic carbocycles. The number of fused-ring (bicyclic) bond motifs is 1. The molecule has 1 fully saturated rings. The molecule has 0 amide bonds. The van der Waals surface area contributed by atoms with Gasteiger partial charge in [-0.3, -0.25) is 4.79 Å². The van der Waals surface area contributed by atoms with Crippen molar-refractivity contribution in [3.8, 4) is 0 Å². The van der Waals surface area contributed by atoms with Crippen molar-refractivity contribution in [2.24, 2.45) is 5.41 Å². The van der Waals surface area contributed by atoms with Crippen molar-refractivity contribution in [1.82, 2.24) is 0 Å². The number of hydrogen-bond acceptors (Lipinski definition) is 2. The van der Waals surface area contributed by atoms with Crippen LogP contribution in [0.3, 0.4) is 0 Å². The van der Waals surface area contributed by atoms with E-state index in [9.17, 15) is 9.90 Å². The fraction of sp³-hybridized carbons (Fsp3) is 0.727. The summed E-state index contributed by atoms with van der Waals surface area (Å²) in [5, 5.41) is 9.90. The van der Waals surface area contributed by atoms with E-state index in [4.69, 9.17) is 0 Å². The minimum absolute atomic E-state index is 0.0911. The second kappa shape index (κ2) is 2.95. The van der Waals surface area contributed by atoms with Gasteiger partial charge in [0.15, 0.2) is 5.78 Å². The number of aliphatic hydroxyl groups excluding tert-OH is 1. The van der Waals surface area contributed by atoms with Crippen molar-refractivity contribution in [2.75, 3.05) is 0 Å². The van der Waals surface area contributed by atoms with Crippen LogP contribution in [-0.4, -0.2) is 17.0 Å². The number of carbonyl (C=O) groups excluding carboxylic acids is 1. The summed E-state index contributed by atoms with van der Waals surface area (Å²) in [6.07, 6.45) is 5.89. The van der Waals surface area contributed by atoms with E-state index in [1.165, 1.54) is 5.57 Å². The number of hydrogen-bond donors (Lipinski definition) is 1. The van der Waals surface area contributed by atoms with Gasteiger partial charge in [0, 0.05) is 11.8 Å². The molecule has 1 saturated carbocycles. The van der Waals surface area contributed by atoms with Crippen LogP contribution in [0.25, 0.3) is 0 Å². The summed E-state index contributed by atoms with van der Waals surface area (Å²) in [4.78, 5) is 11.2. The van der Waals surface area contributed by atoms with Gasteiger partial charge in [0.05, 0.1) is 6.10 Å². The van der Waals surface area contributed by atoms with Gasteiger partial charge in [0.2, 0.25) is 0 Å². The normalized spacial score (nSPS) is 39.7. The molecule has 13 heavy (non-hydrogen) atoms. The number of aliphatic hydroxyl groups is 1. The number of allylic oxidation sites excluding steroid dienone is 1. The zero-order valence-corrected chi connectivity index (χ0v) is 8.05. The number of rotatable bonds is 0. The van der Waals surface area contributed by atoms with Gasteiger partial charge < -0.3 is 5.11 Å². The second-order valence-corrected chi connectivity index (χ2v) is 4.46. The summed E-state index contributed by atoms with van der Waals surface area (Å²) in [6, 6.07) is 0. The van der Waals surface area contributed by atoms with Crippen LogP contribution in [0.1, 0.15) is 39.0 Å². The molecular weight excluding hydrogens is 164 g/mol. The smallest absolute Gasteiger partial charge is 0.155 e. The van der Waals surface area contributed by atoms with Gasteiger partial charge in [-0.25, -0.2) is 0 Å². The van der Waals surface area contributed by atoms with Gasteiger partial charge in [-0.15, -0.1) is 0 Å². The van der Waals surface area contributed by atoms with Crippen molar-refractivity contribution >= 4 is 5.78 Å². The first-order valence-electron chi connectivity index (χ1n) is 5.05. The maximum atomic E-state index is 11.2. The van der Waals surface area contributed by atoms with E-state index in [2.05, 4.69) is 6.92 Å². The highest BCUT2D eigenvalue weighted by molar-refractivity contribution is 5.91. The largest absolute Gasteiger partial charge is 0.392 e. The Bertz CT molecular complexity index is 267. The van der Waals surface area contributed by atoms with E-state index in [-0.39, 0.29) is 17.3 Å². The van der Waals surface area contributed by atoms with Crippen molar-refractivity contribution < 1.29 is 9.90 Å². The highest BCUT2D eigenvalue weighted by Gasteiger charge is 2.41. The lowest BCUT2D eigenvalue weighted by Crippen LogP contribution is -2.40. The molecule has 0 unspecified atom stereocenters. The minimum atomic E-state index is -0.236. The lowest BCUT2D eigenvalue weighted by Gasteiger charge is -2.42. The standard InChI is InChI=1S/C11H16O2/c1-11-6-5-9(12)7-8(11)3-2-4-10(11)13/h7,10,13H,2-6H2,1H3/t10-,11-/m0/s1. The molecule has 0 spiro atoms. The fourth-order valence-corrected chi connectivity index (χ4v) is 2.52. The molecule has 0 aromatic carbocycles. The summed E-state index contributed by atoms with van der Waals surface area (Å²) in [6.45, 7) is 2.09. The molecule has 2 rings (SSSR count). The molecule has 0 bridgehead atoms. The van der Waals surface area contributed by atoms with Crippen LogP contribution in [-0.2, 0) is 4.79 Å². The molecule has 2 aliphatic rings. The lowest BCUT2D eigenvalue weighted by atomic mass is 9.64. The van der Waals surface area contributed by atoms with E-state index < -0.39 is 0 Å². The van der Waals surface area contributed by atoms with E-state index in [0.717, 1.165) is 25.7 Å². The second-order valence-electron chi connectivity index (χ2n) is 4.46. The SMILES string of the molecule is C[C@]12CCC(=O)C=C1CCC[C@@H]2O. The minimum Gasteiger partial charge on any atom is -0.392 e. The molecule has 0 heterocycles. The van der Waals surface area contributed by atoms with Crippen molar-refractivity contribution in [3.05, 3.63) is 11.6 Å². The predicted octanol–water partition coefficient (Wildman–Crippen LogP) is 1.83. The quantitative estimate of drug-likeness (QED) is 0.617. The van der Waals surface area contributed by atoms with Crippen molar-refractivity contribution in [2.45, 2.75) is 45.1 Å². The van der Waals surface area contributed by atoms with E-state index in [1.54, 1.807) is 6.08 Å². The first-order valence-corrected chi connectivity index (χ1v) is 5.05. The Balaban J connectivity index is 2.34. The zero-order chi connectivity index (χ0) is 9.47. The van der Waals surface area contributed by atoms with Gasteiger partial charge in [0.1, 0.15) is 0 Å². The van der Waals surface area contributed by atoms with E-state index in [1.807, 2.05) is 0 Å².